The number of amides is 1. The van der Waals surface area contributed by atoms with Gasteiger partial charge in [0.25, 0.3) is 0 Å². The molecule has 2 aromatic carbocycles. The van der Waals surface area contributed by atoms with Gasteiger partial charge in [-0.3, -0.25) is 4.79 Å². The fourth-order valence-corrected chi connectivity index (χ4v) is 5.12. The van der Waals surface area contributed by atoms with Crippen molar-refractivity contribution in [1.82, 2.24) is 19.9 Å². The number of benzene rings is 2. The van der Waals surface area contributed by atoms with Gasteiger partial charge in [-0.2, -0.15) is 0 Å². The van der Waals surface area contributed by atoms with Crippen molar-refractivity contribution in [2.75, 3.05) is 19.7 Å². The number of esters is 1. The number of hydrogen-bond acceptors (Lipinski definition) is 5. The molecule has 1 amide bonds. The van der Waals surface area contributed by atoms with Crippen molar-refractivity contribution in [3.63, 3.8) is 0 Å². The van der Waals surface area contributed by atoms with Gasteiger partial charge in [-0.1, -0.05) is 48.5 Å². The van der Waals surface area contributed by atoms with Crippen LogP contribution < -0.4 is 0 Å². The molecule has 0 saturated carbocycles. The van der Waals surface area contributed by atoms with Gasteiger partial charge in [0, 0.05) is 48.5 Å². The number of piperidine rings is 1. The summed E-state index contributed by atoms with van der Waals surface area (Å²) in [5.74, 6) is 0.409. The molecule has 1 aliphatic heterocycles. The van der Waals surface area contributed by atoms with E-state index in [0.717, 1.165) is 29.4 Å². The molecule has 5 rings (SSSR count). The lowest BCUT2D eigenvalue weighted by Gasteiger charge is -2.42. The summed E-state index contributed by atoms with van der Waals surface area (Å²) in [6, 6.07) is 20.5. The summed E-state index contributed by atoms with van der Waals surface area (Å²) < 4.78 is 5.04. The maximum absolute atomic E-state index is 13.1. The summed E-state index contributed by atoms with van der Waals surface area (Å²) in [5, 5.41) is 1.12. The first kappa shape index (κ1) is 23.7. The standard InChI is InChI=1S/C29H30N4O3/c1-2-36-28(35)22-19-30-26(31-20-22)18-29(23-9-4-3-5-10-23)12-14-33(15-13-29)27(34)17-24-16-21-8-6-7-11-25(21)32-24/h3-11,16,19-20,32H,2,12-15,17-18H2,1H3. The molecule has 0 bridgehead atoms. The number of nitrogens with zero attached hydrogens (tertiary/aromatic N) is 3. The predicted octanol–water partition coefficient (Wildman–Crippen LogP) is 4.48. The van der Waals surface area contributed by atoms with Crippen LogP contribution in [0.15, 0.2) is 73.1 Å². The van der Waals surface area contributed by atoms with Gasteiger partial charge in [0.05, 0.1) is 18.6 Å². The Labute approximate surface area is 210 Å². The minimum Gasteiger partial charge on any atom is -0.462 e. The largest absolute Gasteiger partial charge is 0.462 e. The summed E-state index contributed by atoms with van der Waals surface area (Å²) in [5.41, 5.74) is 3.40. The molecule has 4 aromatic rings. The van der Waals surface area contributed by atoms with E-state index in [1.165, 1.54) is 18.0 Å². The molecule has 184 valence electrons. The summed E-state index contributed by atoms with van der Waals surface area (Å²) in [7, 11) is 0. The van der Waals surface area contributed by atoms with Crippen LogP contribution in [0.4, 0.5) is 0 Å². The molecule has 7 heteroatoms. The second-order valence-electron chi connectivity index (χ2n) is 9.37. The Kier molecular flexibility index (Phi) is 6.80. The summed E-state index contributed by atoms with van der Waals surface area (Å²) in [6.07, 6.45) is 5.72. The molecule has 1 N–H and O–H groups in total. The van der Waals surface area contributed by atoms with Crippen LogP contribution >= 0.6 is 0 Å². The SMILES string of the molecule is CCOC(=O)c1cnc(CC2(c3ccccc3)CCN(C(=O)Cc3cc4ccccc4[nH]3)CC2)nc1. The highest BCUT2D eigenvalue weighted by molar-refractivity contribution is 5.88. The number of para-hydroxylation sites is 1. The number of fused-ring (bicyclic) bond motifs is 1. The first-order valence-corrected chi connectivity index (χ1v) is 12.4. The van der Waals surface area contributed by atoms with Gasteiger partial charge in [-0.15, -0.1) is 0 Å². The van der Waals surface area contributed by atoms with Crippen LogP contribution in [0.3, 0.4) is 0 Å². The molecule has 0 unspecified atom stereocenters. The van der Waals surface area contributed by atoms with E-state index < -0.39 is 5.97 Å². The predicted molar refractivity (Wildman–Crippen MR) is 138 cm³/mol. The Balaban J connectivity index is 1.30. The summed E-state index contributed by atoms with van der Waals surface area (Å²) >= 11 is 0. The van der Waals surface area contributed by atoms with Gasteiger partial charge >= 0.3 is 5.97 Å². The Bertz CT molecular complexity index is 1310. The minimum atomic E-state index is -0.413. The van der Waals surface area contributed by atoms with Crippen LogP contribution in [0.2, 0.25) is 0 Å². The van der Waals surface area contributed by atoms with Gasteiger partial charge in [-0.25, -0.2) is 14.8 Å². The van der Waals surface area contributed by atoms with E-state index in [0.29, 0.717) is 43.9 Å². The monoisotopic (exact) mass is 482 g/mol. The minimum absolute atomic E-state index is 0.137. The van der Waals surface area contributed by atoms with Crippen LogP contribution in [-0.4, -0.2) is 51.4 Å². The summed E-state index contributed by atoms with van der Waals surface area (Å²) in [6.45, 7) is 3.44. The molecule has 36 heavy (non-hydrogen) atoms. The number of nitrogens with one attached hydrogen (secondary N) is 1. The number of carbonyl (C=O) groups excluding carboxylic acids is 2. The third-order valence-corrected chi connectivity index (χ3v) is 7.10. The lowest BCUT2D eigenvalue weighted by Crippen LogP contribution is -2.47. The molecule has 0 aliphatic carbocycles. The number of likely N-dealkylation sites (tertiary alicyclic amines) is 1. The first-order chi connectivity index (χ1) is 17.6. The number of H-pyrrole nitrogens is 1. The third-order valence-electron chi connectivity index (χ3n) is 7.10. The molecular formula is C29H30N4O3. The van der Waals surface area contributed by atoms with Crippen molar-refractivity contribution in [1.29, 1.82) is 0 Å². The molecule has 2 aromatic heterocycles. The number of hydrogen-bond donors (Lipinski definition) is 1. The smallest absolute Gasteiger partial charge is 0.341 e. The average Bonchev–Trinajstić information content (AvgIpc) is 3.32. The molecule has 1 fully saturated rings. The lowest BCUT2D eigenvalue weighted by atomic mass is 9.70. The van der Waals surface area contributed by atoms with E-state index in [9.17, 15) is 9.59 Å². The molecule has 0 spiro atoms. The molecule has 0 atom stereocenters. The van der Waals surface area contributed by atoms with Crippen LogP contribution in [0.1, 0.15) is 47.2 Å². The van der Waals surface area contributed by atoms with E-state index in [1.807, 2.05) is 29.2 Å². The number of carbonyl (C=O) groups is 2. The highest BCUT2D eigenvalue weighted by Gasteiger charge is 2.38. The van der Waals surface area contributed by atoms with Gasteiger partial charge in [0.2, 0.25) is 5.91 Å². The zero-order chi connectivity index (χ0) is 25.0. The number of aromatic nitrogens is 3. The van der Waals surface area contributed by atoms with E-state index in [-0.39, 0.29) is 11.3 Å². The van der Waals surface area contributed by atoms with Crippen LogP contribution in [0.5, 0.6) is 0 Å². The van der Waals surface area contributed by atoms with Crippen molar-refractivity contribution in [3.05, 3.63) is 95.7 Å². The fraction of sp³-hybridized carbons (Fsp3) is 0.310. The molecule has 0 radical (unpaired) electrons. The van der Waals surface area contributed by atoms with Crippen molar-refractivity contribution in [2.24, 2.45) is 0 Å². The third kappa shape index (κ3) is 5.00. The Morgan fingerprint density at radius 1 is 1.00 bits per heavy atom. The fourth-order valence-electron chi connectivity index (χ4n) is 5.12. The quantitative estimate of drug-likeness (QED) is 0.393. The molecule has 1 saturated heterocycles. The Morgan fingerprint density at radius 3 is 2.39 bits per heavy atom. The van der Waals surface area contributed by atoms with Crippen molar-refractivity contribution in [2.45, 2.75) is 38.0 Å². The lowest BCUT2D eigenvalue weighted by molar-refractivity contribution is -0.132. The van der Waals surface area contributed by atoms with E-state index in [1.54, 1.807) is 6.92 Å². The van der Waals surface area contributed by atoms with E-state index in [4.69, 9.17) is 4.74 Å². The van der Waals surface area contributed by atoms with Crippen LogP contribution in [-0.2, 0) is 27.8 Å². The Hall–Kier alpha value is -4.00. The first-order valence-electron chi connectivity index (χ1n) is 12.4. The van der Waals surface area contributed by atoms with Gasteiger partial charge in [-0.05, 0) is 42.8 Å². The number of aromatic amines is 1. The van der Waals surface area contributed by atoms with Gasteiger partial charge < -0.3 is 14.6 Å². The van der Waals surface area contributed by atoms with Gasteiger partial charge in [0.1, 0.15) is 5.82 Å². The molecule has 1 aliphatic rings. The average molecular weight is 483 g/mol. The highest BCUT2D eigenvalue weighted by atomic mass is 16.5. The van der Waals surface area contributed by atoms with Crippen molar-refractivity contribution >= 4 is 22.8 Å². The Morgan fingerprint density at radius 2 is 1.69 bits per heavy atom. The second kappa shape index (κ2) is 10.3. The zero-order valence-corrected chi connectivity index (χ0v) is 20.4. The maximum atomic E-state index is 13.1. The van der Waals surface area contributed by atoms with E-state index in [2.05, 4.69) is 51.4 Å². The number of rotatable bonds is 7. The molecular weight excluding hydrogens is 452 g/mol. The van der Waals surface area contributed by atoms with Crippen LogP contribution in [0, 0.1) is 0 Å². The normalized spacial score (nSPS) is 15.1. The second-order valence-corrected chi connectivity index (χ2v) is 9.37. The maximum Gasteiger partial charge on any atom is 0.341 e. The van der Waals surface area contributed by atoms with Gasteiger partial charge in [0.15, 0.2) is 0 Å². The van der Waals surface area contributed by atoms with E-state index >= 15 is 0 Å². The molecule has 7 nitrogen and oxygen atoms in total. The molecule has 3 heterocycles. The van der Waals surface area contributed by atoms with Crippen LogP contribution in [0.25, 0.3) is 10.9 Å². The number of ether oxygens (including phenoxy) is 1. The van der Waals surface area contributed by atoms with Crippen molar-refractivity contribution < 1.29 is 14.3 Å². The topological polar surface area (TPSA) is 88.2 Å². The zero-order valence-electron chi connectivity index (χ0n) is 20.4. The summed E-state index contributed by atoms with van der Waals surface area (Å²) in [4.78, 5) is 39.4. The van der Waals surface area contributed by atoms with Crippen molar-refractivity contribution in [3.8, 4) is 0 Å². The highest BCUT2D eigenvalue weighted by Crippen LogP contribution is 2.38.